The van der Waals surface area contributed by atoms with Crippen molar-refractivity contribution in [3.05, 3.63) is 23.8 Å². The maximum absolute atomic E-state index is 4.37. The van der Waals surface area contributed by atoms with Crippen molar-refractivity contribution >= 4 is 0 Å². The van der Waals surface area contributed by atoms with Gasteiger partial charge in [0.05, 0.1) is 11.4 Å². The molecule has 1 saturated heterocycles. The third kappa shape index (κ3) is 2.97. The monoisotopic (exact) mass is 206 g/mol. The van der Waals surface area contributed by atoms with Crippen LogP contribution in [0, 0.1) is 6.92 Å². The van der Waals surface area contributed by atoms with Crippen LogP contribution in [0.4, 0.5) is 0 Å². The van der Waals surface area contributed by atoms with Crippen LogP contribution in [0.2, 0.25) is 0 Å². The number of piperazine rings is 1. The highest BCUT2D eigenvalue weighted by Crippen LogP contribution is 2.04. The quantitative estimate of drug-likeness (QED) is 0.768. The maximum Gasteiger partial charge on any atom is 0.0727 e. The Morgan fingerprint density at radius 3 is 3.00 bits per heavy atom. The Kier molecular flexibility index (Phi) is 3.28. The molecule has 4 nitrogen and oxygen atoms in total. The minimum absolute atomic E-state index is 0.581. The highest BCUT2D eigenvalue weighted by Gasteiger charge is 2.15. The van der Waals surface area contributed by atoms with Gasteiger partial charge in [0.15, 0.2) is 0 Å². The Labute approximate surface area is 90.7 Å². The molecule has 82 valence electrons. The number of hydrogen-bond acceptors (Lipinski definition) is 4. The fourth-order valence-corrected chi connectivity index (χ4v) is 1.89. The Morgan fingerprint density at radius 1 is 1.47 bits per heavy atom. The zero-order chi connectivity index (χ0) is 10.7. The van der Waals surface area contributed by atoms with Gasteiger partial charge in [-0.15, -0.1) is 0 Å². The molecular formula is C11H18N4. The van der Waals surface area contributed by atoms with Gasteiger partial charge in [-0.3, -0.25) is 14.9 Å². The van der Waals surface area contributed by atoms with Gasteiger partial charge >= 0.3 is 0 Å². The molecule has 0 unspecified atom stereocenters. The molecule has 0 spiro atoms. The van der Waals surface area contributed by atoms with Gasteiger partial charge in [0, 0.05) is 44.6 Å². The van der Waals surface area contributed by atoms with Gasteiger partial charge in [0.25, 0.3) is 0 Å². The fourth-order valence-electron chi connectivity index (χ4n) is 1.89. The molecule has 1 N–H and O–H groups in total. The normalized spacial score (nSPS) is 22.9. The number of aryl methyl sites for hydroxylation is 1. The summed E-state index contributed by atoms with van der Waals surface area (Å²) in [4.78, 5) is 11.0. The molecule has 15 heavy (non-hydrogen) atoms. The maximum atomic E-state index is 4.37. The van der Waals surface area contributed by atoms with Crippen LogP contribution in [-0.2, 0) is 6.54 Å². The first-order chi connectivity index (χ1) is 7.24. The first-order valence-corrected chi connectivity index (χ1v) is 5.47. The molecule has 0 aliphatic carbocycles. The molecule has 1 aliphatic rings. The van der Waals surface area contributed by atoms with Crippen LogP contribution in [-0.4, -0.2) is 40.5 Å². The van der Waals surface area contributed by atoms with E-state index in [2.05, 4.69) is 27.1 Å². The second kappa shape index (κ2) is 4.68. The molecule has 0 radical (unpaired) electrons. The highest BCUT2D eigenvalue weighted by molar-refractivity contribution is 5.00. The van der Waals surface area contributed by atoms with E-state index in [-0.39, 0.29) is 0 Å². The molecule has 1 aliphatic heterocycles. The minimum atomic E-state index is 0.581. The molecule has 0 bridgehead atoms. The van der Waals surface area contributed by atoms with E-state index in [0.29, 0.717) is 6.04 Å². The van der Waals surface area contributed by atoms with E-state index < -0.39 is 0 Å². The molecule has 1 fully saturated rings. The number of aromatic nitrogens is 2. The van der Waals surface area contributed by atoms with E-state index in [1.165, 1.54) is 0 Å². The molecule has 2 rings (SSSR count). The molecule has 1 aromatic rings. The summed E-state index contributed by atoms with van der Waals surface area (Å²) >= 11 is 0. The van der Waals surface area contributed by atoms with Crippen molar-refractivity contribution in [2.24, 2.45) is 0 Å². The van der Waals surface area contributed by atoms with Crippen molar-refractivity contribution in [2.75, 3.05) is 19.6 Å². The second-order valence-electron chi connectivity index (χ2n) is 4.24. The molecule has 0 saturated carbocycles. The summed E-state index contributed by atoms with van der Waals surface area (Å²) in [7, 11) is 0. The van der Waals surface area contributed by atoms with E-state index >= 15 is 0 Å². The number of nitrogens with one attached hydrogen (secondary N) is 1. The van der Waals surface area contributed by atoms with E-state index in [9.17, 15) is 0 Å². The number of rotatable bonds is 2. The standard InChI is InChI=1S/C11H18N4/c1-9-5-14-11(6-13-9)8-15-4-3-12-10(2)7-15/h5-6,10,12H,3-4,7-8H2,1-2H3/t10-/m1/s1. The van der Waals surface area contributed by atoms with Crippen molar-refractivity contribution in [1.82, 2.24) is 20.2 Å². The smallest absolute Gasteiger partial charge is 0.0727 e. The second-order valence-corrected chi connectivity index (χ2v) is 4.24. The topological polar surface area (TPSA) is 41.1 Å². The lowest BCUT2D eigenvalue weighted by Crippen LogP contribution is -2.48. The summed E-state index contributed by atoms with van der Waals surface area (Å²) in [5.74, 6) is 0. The number of nitrogens with zero attached hydrogens (tertiary/aromatic N) is 3. The van der Waals surface area contributed by atoms with Gasteiger partial charge in [-0.05, 0) is 13.8 Å². The molecule has 2 heterocycles. The van der Waals surface area contributed by atoms with E-state index in [4.69, 9.17) is 0 Å². The van der Waals surface area contributed by atoms with Crippen LogP contribution in [0.15, 0.2) is 12.4 Å². The van der Waals surface area contributed by atoms with Gasteiger partial charge in [0.1, 0.15) is 0 Å². The van der Waals surface area contributed by atoms with E-state index in [1.54, 1.807) is 0 Å². The molecule has 1 aromatic heterocycles. The van der Waals surface area contributed by atoms with Crippen molar-refractivity contribution in [2.45, 2.75) is 26.4 Å². The van der Waals surface area contributed by atoms with Crippen LogP contribution < -0.4 is 5.32 Å². The lowest BCUT2D eigenvalue weighted by atomic mass is 10.2. The van der Waals surface area contributed by atoms with E-state index in [1.807, 2.05) is 19.3 Å². The summed E-state index contributed by atoms with van der Waals surface area (Å²) in [6.07, 6.45) is 3.71. The molecular weight excluding hydrogens is 188 g/mol. The summed E-state index contributed by atoms with van der Waals surface area (Å²) in [5, 5.41) is 3.43. The predicted molar refractivity (Wildman–Crippen MR) is 59.5 cm³/mol. The van der Waals surface area contributed by atoms with Crippen LogP contribution in [0.3, 0.4) is 0 Å². The highest BCUT2D eigenvalue weighted by atomic mass is 15.2. The third-order valence-corrected chi connectivity index (χ3v) is 2.67. The SMILES string of the molecule is Cc1cnc(CN2CCN[C@H](C)C2)cn1. The van der Waals surface area contributed by atoms with Gasteiger partial charge in [-0.1, -0.05) is 0 Å². The molecule has 0 amide bonds. The van der Waals surface area contributed by atoms with Crippen LogP contribution >= 0.6 is 0 Å². The summed E-state index contributed by atoms with van der Waals surface area (Å²) < 4.78 is 0. The van der Waals surface area contributed by atoms with Gasteiger partial charge < -0.3 is 5.32 Å². The minimum Gasteiger partial charge on any atom is -0.312 e. The van der Waals surface area contributed by atoms with Crippen molar-refractivity contribution in [3.8, 4) is 0 Å². The first kappa shape index (κ1) is 10.5. The third-order valence-electron chi connectivity index (χ3n) is 2.67. The van der Waals surface area contributed by atoms with Crippen molar-refractivity contribution in [3.63, 3.8) is 0 Å². The Hall–Kier alpha value is -1.00. The first-order valence-electron chi connectivity index (χ1n) is 5.47. The fraction of sp³-hybridized carbons (Fsp3) is 0.636. The zero-order valence-corrected chi connectivity index (χ0v) is 9.40. The lowest BCUT2D eigenvalue weighted by Gasteiger charge is -2.31. The average molecular weight is 206 g/mol. The summed E-state index contributed by atoms with van der Waals surface area (Å²) in [6.45, 7) is 8.35. The van der Waals surface area contributed by atoms with Gasteiger partial charge in [-0.25, -0.2) is 0 Å². The Bertz CT molecular complexity index is 309. The van der Waals surface area contributed by atoms with E-state index in [0.717, 1.165) is 37.6 Å². The van der Waals surface area contributed by atoms with Crippen LogP contribution in [0.5, 0.6) is 0 Å². The molecule has 4 heteroatoms. The lowest BCUT2D eigenvalue weighted by molar-refractivity contribution is 0.197. The Morgan fingerprint density at radius 2 is 2.33 bits per heavy atom. The van der Waals surface area contributed by atoms with Crippen LogP contribution in [0.25, 0.3) is 0 Å². The predicted octanol–water partition coefficient (Wildman–Crippen LogP) is 0.579. The van der Waals surface area contributed by atoms with Gasteiger partial charge in [-0.2, -0.15) is 0 Å². The average Bonchev–Trinajstić information content (AvgIpc) is 2.22. The van der Waals surface area contributed by atoms with Crippen molar-refractivity contribution < 1.29 is 0 Å². The molecule has 0 aromatic carbocycles. The zero-order valence-electron chi connectivity index (χ0n) is 9.40. The Balaban J connectivity index is 1.93. The largest absolute Gasteiger partial charge is 0.312 e. The number of hydrogen-bond donors (Lipinski definition) is 1. The van der Waals surface area contributed by atoms with Gasteiger partial charge in [0.2, 0.25) is 0 Å². The molecule has 1 atom stereocenters. The van der Waals surface area contributed by atoms with Crippen LogP contribution in [0.1, 0.15) is 18.3 Å². The summed E-state index contributed by atoms with van der Waals surface area (Å²) in [6, 6.07) is 0.581. The summed E-state index contributed by atoms with van der Waals surface area (Å²) in [5.41, 5.74) is 2.04. The van der Waals surface area contributed by atoms with Crippen molar-refractivity contribution in [1.29, 1.82) is 0 Å².